The molecular weight excluding hydrogens is 234 g/mol. The van der Waals surface area contributed by atoms with Crippen LogP contribution in [0.4, 0.5) is 0 Å². The number of hydrogen-bond donors (Lipinski definition) is 1. The van der Waals surface area contributed by atoms with Crippen LogP contribution in [0.3, 0.4) is 0 Å². The number of thiophene rings is 1. The first kappa shape index (κ1) is 11.8. The van der Waals surface area contributed by atoms with E-state index in [1.54, 1.807) is 11.3 Å². The molecule has 0 aliphatic rings. The van der Waals surface area contributed by atoms with E-state index >= 15 is 0 Å². The summed E-state index contributed by atoms with van der Waals surface area (Å²) in [5.74, 6) is 0.796. The molecule has 2 heterocycles. The van der Waals surface area contributed by atoms with Crippen LogP contribution in [0, 0.1) is 32.1 Å². The first-order valence-corrected chi connectivity index (χ1v) is 6.06. The maximum absolute atomic E-state index is 9.20. The Hall–Kier alpha value is -1.64. The van der Waals surface area contributed by atoms with Gasteiger partial charge in [0, 0.05) is 10.6 Å². The van der Waals surface area contributed by atoms with E-state index in [2.05, 4.69) is 11.1 Å². The van der Waals surface area contributed by atoms with E-state index in [1.807, 2.05) is 31.4 Å². The van der Waals surface area contributed by atoms with Crippen molar-refractivity contribution in [2.45, 2.75) is 27.4 Å². The SMILES string of the molecule is Cc1cc(C#N)c(-n2c(C)nc(CO)c2C)s1. The Morgan fingerprint density at radius 3 is 2.71 bits per heavy atom. The lowest BCUT2D eigenvalue weighted by molar-refractivity contribution is 0.276. The van der Waals surface area contributed by atoms with Crippen LogP contribution in [0.25, 0.3) is 5.00 Å². The summed E-state index contributed by atoms with van der Waals surface area (Å²) in [4.78, 5) is 5.39. The van der Waals surface area contributed by atoms with E-state index in [0.717, 1.165) is 21.4 Å². The summed E-state index contributed by atoms with van der Waals surface area (Å²) in [5, 5.41) is 19.2. The molecule has 0 aromatic carbocycles. The number of aliphatic hydroxyl groups excluding tert-OH is 1. The fourth-order valence-corrected chi connectivity index (χ4v) is 2.95. The maximum atomic E-state index is 9.20. The first-order chi connectivity index (χ1) is 8.08. The van der Waals surface area contributed by atoms with Crippen molar-refractivity contribution in [2.24, 2.45) is 0 Å². The highest BCUT2D eigenvalue weighted by Crippen LogP contribution is 2.28. The molecule has 17 heavy (non-hydrogen) atoms. The van der Waals surface area contributed by atoms with Gasteiger partial charge >= 0.3 is 0 Å². The van der Waals surface area contributed by atoms with Gasteiger partial charge in [-0.25, -0.2) is 4.98 Å². The Kier molecular flexibility index (Phi) is 3.01. The lowest BCUT2D eigenvalue weighted by Gasteiger charge is -2.05. The normalized spacial score (nSPS) is 10.5. The summed E-state index contributed by atoms with van der Waals surface area (Å²) in [6.45, 7) is 5.68. The number of rotatable bonds is 2. The van der Waals surface area contributed by atoms with Crippen LogP contribution in [0.1, 0.15) is 27.7 Å². The Bertz CT molecular complexity index is 604. The van der Waals surface area contributed by atoms with Gasteiger partial charge in [0.15, 0.2) is 0 Å². The summed E-state index contributed by atoms with van der Waals surface area (Å²) in [6, 6.07) is 4.07. The van der Waals surface area contributed by atoms with Gasteiger partial charge < -0.3 is 5.11 Å². The van der Waals surface area contributed by atoms with Crippen molar-refractivity contribution in [1.82, 2.24) is 9.55 Å². The highest BCUT2D eigenvalue weighted by Gasteiger charge is 2.16. The van der Waals surface area contributed by atoms with Crippen molar-refractivity contribution < 1.29 is 5.11 Å². The number of aromatic nitrogens is 2. The molecule has 0 saturated heterocycles. The molecule has 2 aromatic heterocycles. The summed E-state index contributed by atoms with van der Waals surface area (Å²) in [7, 11) is 0. The molecule has 0 bridgehead atoms. The minimum Gasteiger partial charge on any atom is -0.390 e. The van der Waals surface area contributed by atoms with Gasteiger partial charge in [0.25, 0.3) is 0 Å². The van der Waals surface area contributed by atoms with Gasteiger partial charge in [-0.05, 0) is 26.8 Å². The fraction of sp³-hybridized carbons (Fsp3) is 0.333. The zero-order chi connectivity index (χ0) is 12.6. The Balaban J connectivity index is 2.68. The second-order valence-electron chi connectivity index (χ2n) is 3.87. The molecule has 0 aliphatic carbocycles. The van der Waals surface area contributed by atoms with Crippen LogP contribution in [0.5, 0.6) is 0 Å². The van der Waals surface area contributed by atoms with E-state index in [1.165, 1.54) is 0 Å². The van der Waals surface area contributed by atoms with Gasteiger partial charge in [0.05, 0.1) is 17.9 Å². The fourth-order valence-electron chi connectivity index (χ4n) is 1.90. The number of hydrogen-bond acceptors (Lipinski definition) is 4. The molecule has 0 spiro atoms. The average molecular weight is 247 g/mol. The average Bonchev–Trinajstić information content (AvgIpc) is 2.79. The van der Waals surface area contributed by atoms with Gasteiger partial charge in [-0.2, -0.15) is 5.26 Å². The van der Waals surface area contributed by atoms with Crippen molar-refractivity contribution in [3.8, 4) is 11.1 Å². The van der Waals surface area contributed by atoms with Crippen molar-refractivity contribution in [3.05, 3.63) is 33.7 Å². The molecule has 0 radical (unpaired) electrons. The number of imidazole rings is 1. The second kappa shape index (κ2) is 4.32. The molecule has 0 fully saturated rings. The van der Waals surface area contributed by atoms with Crippen molar-refractivity contribution >= 4 is 11.3 Å². The largest absolute Gasteiger partial charge is 0.390 e. The standard InChI is InChI=1S/C12H13N3OS/c1-7-4-10(5-13)12(17-7)15-8(2)11(6-16)14-9(15)3/h4,16H,6H2,1-3H3. The molecule has 0 atom stereocenters. The highest BCUT2D eigenvalue weighted by molar-refractivity contribution is 7.14. The van der Waals surface area contributed by atoms with Gasteiger partial charge in [-0.3, -0.25) is 4.57 Å². The summed E-state index contributed by atoms with van der Waals surface area (Å²) in [5.41, 5.74) is 2.21. The van der Waals surface area contributed by atoms with Crippen LogP contribution in [0.2, 0.25) is 0 Å². The molecule has 5 heteroatoms. The third kappa shape index (κ3) is 1.86. The molecule has 0 amide bonds. The Morgan fingerprint density at radius 2 is 2.18 bits per heavy atom. The molecule has 2 aromatic rings. The number of nitriles is 1. The van der Waals surface area contributed by atoms with E-state index in [0.29, 0.717) is 11.3 Å². The minimum atomic E-state index is -0.0775. The van der Waals surface area contributed by atoms with Crippen LogP contribution >= 0.6 is 11.3 Å². The van der Waals surface area contributed by atoms with Crippen LogP contribution in [-0.2, 0) is 6.61 Å². The van der Waals surface area contributed by atoms with E-state index < -0.39 is 0 Å². The van der Waals surface area contributed by atoms with Crippen molar-refractivity contribution in [1.29, 1.82) is 5.26 Å². The van der Waals surface area contributed by atoms with Gasteiger partial charge in [-0.1, -0.05) is 0 Å². The highest BCUT2D eigenvalue weighted by atomic mass is 32.1. The van der Waals surface area contributed by atoms with Gasteiger partial charge in [-0.15, -0.1) is 11.3 Å². The summed E-state index contributed by atoms with van der Waals surface area (Å²) < 4.78 is 1.93. The van der Waals surface area contributed by atoms with E-state index in [-0.39, 0.29) is 6.61 Å². The predicted molar refractivity (Wildman–Crippen MR) is 66.3 cm³/mol. The van der Waals surface area contributed by atoms with Gasteiger partial charge in [0.1, 0.15) is 16.9 Å². The Labute approximate surface area is 104 Å². The second-order valence-corrected chi connectivity index (χ2v) is 5.11. The minimum absolute atomic E-state index is 0.0775. The van der Waals surface area contributed by atoms with Crippen LogP contribution in [-0.4, -0.2) is 14.7 Å². The van der Waals surface area contributed by atoms with Crippen LogP contribution < -0.4 is 0 Å². The number of aliphatic hydroxyl groups is 1. The van der Waals surface area contributed by atoms with Crippen molar-refractivity contribution in [3.63, 3.8) is 0 Å². The topological polar surface area (TPSA) is 61.8 Å². The summed E-state index contributed by atoms with van der Waals surface area (Å²) >= 11 is 1.56. The molecule has 88 valence electrons. The third-order valence-corrected chi connectivity index (χ3v) is 3.72. The lowest BCUT2D eigenvalue weighted by atomic mass is 10.3. The van der Waals surface area contributed by atoms with Gasteiger partial charge in [0.2, 0.25) is 0 Å². The zero-order valence-electron chi connectivity index (χ0n) is 9.98. The first-order valence-electron chi connectivity index (χ1n) is 5.25. The van der Waals surface area contributed by atoms with E-state index in [4.69, 9.17) is 5.26 Å². The molecular formula is C12H13N3OS. The molecule has 4 nitrogen and oxygen atoms in total. The van der Waals surface area contributed by atoms with Crippen LogP contribution in [0.15, 0.2) is 6.07 Å². The summed E-state index contributed by atoms with van der Waals surface area (Å²) in [6.07, 6.45) is 0. The molecule has 0 saturated carbocycles. The third-order valence-electron chi connectivity index (χ3n) is 2.68. The number of aryl methyl sites for hydroxylation is 2. The molecule has 0 aliphatic heterocycles. The smallest absolute Gasteiger partial charge is 0.119 e. The van der Waals surface area contributed by atoms with E-state index in [9.17, 15) is 5.11 Å². The zero-order valence-corrected chi connectivity index (χ0v) is 10.8. The quantitative estimate of drug-likeness (QED) is 0.885. The molecule has 2 rings (SSSR count). The lowest BCUT2D eigenvalue weighted by Crippen LogP contribution is -1.99. The maximum Gasteiger partial charge on any atom is 0.119 e. The number of nitrogens with zero attached hydrogens (tertiary/aromatic N) is 3. The molecule has 1 N–H and O–H groups in total. The Morgan fingerprint density at radius 1 is 1.47 bits per heavy atom. The monoisotopic (exact) mass is 247 g/mol. The van der Waals surface area contributed by atoms with Crippen molar-refractivity contribution in [2.75, 3.05) is 0 Å². The molecule has 0 unspecified atom stereocenters. The predicted octanol–water partition coefficient (Wildman–Crippen LogP) is 2.22.